The zero-order valence-electron chi connectivity index (χ0n) is 15.8. The van der Waals surface area contributed by atoms with E-state index >= 15 is 0 Å². The molecule has 0 amide bonds. The van der Waals surface area contributed by atoms with Gasteiger partial charge >= 0.3 is 17.9 Å². The van der Waals surface area contributed by atoms with E-state index in [9.17, 15) is 14.4 Å². The molecule has 0 fully saturated rings. The molecule has 2 heterocycles. The van der Waals surface area contributed by atoms with Crippen LogP contribution in [-0.4, -0.2) is 75.1 Å². The molecule has 150 valence electrons. The first-order chi connectivity index (χ1) is 12.8. The van der Waals surface area contributed by atoms with Crippen LogP contribution in [-0.2, 0) is 42.8 Å². The lowest BCUT2D eigenvalue weighted by Crippen LogP contribution is -2.54. The minimum Gasteiger partial charge on any atom is -0.478 e. The number of fused-ring (bicyclic) bond motifs is 1. The van der Waals surface area contributed by atoms with Gasteiger partial charge in [-0.1, -0.05) is 0 Å². The summed E-state index contributed by atoms with van der Waals surface area (Å²) in [4.78, 5) is 39.0. The highest BCUT2D eigenvalue weighted by Crippen LogP contribution is 2.32. The lowest BCUT2D eigenvalue weighted by atomic mass is 9.94. The molecule has 2 aliphatic heterocycles. The van der Waals surface area contributed by atoms with Crippen molar-refractivity contribution in [3.8, 4) is 0 Å². The summed E-state index contributed by atoms with van der Waals surface area (Å²) in [6.45, 7) is 3.88. The number of ether oxygens (including phenoxy) is 6. The van der Waals surface area contributed by atoms with E-state index in [4.69, 9.17) is 28.4 Å². The predicted molar refractivity (Wildman–Crippen MR) is 89.7 cm³/mol. The van der Waals surface area contributed by atoms with E-state index in [-0.39, 0.29) is 12.4 Å². The Morgan fingerprint density at radius 3 is 2.44 bits per heavy atom. The van der Waals surface area contributed by atoms with Gasteiger partial charge in [-0.05, 0) is 0 Å². The number of rotatable bonds is 7. The highest BCUT2D eigenvalue weighted by Gasteiger charge is 2.49. The lowest BCUT2D eigenvalue weighted by molar-refractivity contribution is -0.178. The number of nitrogens with zero attached hydrogens (tertiary/aromatic N) is 1. The number of esters is 3. The molecule has 2 rings (SSSR count). The molecule has 0 saturated heterocycles. The Hall–Kier alpha value is -2.62. The van der Waals surface area contributed by atoms with E-state index in [1.165, 1.54) is 34.1 Å². The molecular formula is C17H23NO9. The van der Waals surface area contributed by atoms with Crippen LogP contribution in [0.4, 0.5) is 0 Å². The average Bonchev–Trinajstić information content (AvgIpc) is 2.98. The molecule has 0 aromatic heterocycles. The van der Waals surface area contributed by atoms with Crippen LogP contribution in [0.2, 0.25) is 0 Å². The Morgan fingerprint density at radius 2 is 1.89 bits per heavy atom. The minimum absolute atomic E-state index is 0.0650. The maximum absolute atomic E-state index is 12.0. The number of hydrogen-bond acceptors (Lipinski definition) is 10. The fraction of sp³-hybridized carbons (Fsp3) is 0.647. The third kappa shape index (κ3) is 4.97. The molecule has 0 saturated carbocycles. The summed E-state index contributed by atoms with van der Waals surface area (Å²) in [6.07, 6.45) is -1.81. The first kappa shape index (κ1) is 20.7. The highest BCUT2D eigenvalue weighted by atomic mass is 16.6. The standard InChI is InChI=1S/C17H23NO9/c1-8-18-14-11(25-8)6-12(17(21)23-5)27-16(14)15(22-4)13(26-10(3)20)7-24-9(2)19/h6,11,13-16H,7H2,1-5H3/t11-,13-,14-,15-,16-/m1/s1. The molecule has 5 atom stereocenters. The van der Waals surface area contributed by atoms with Crippen LogP contribution < -0.4 is 0 Å². The van der Waals surface area contributed by atoms with E-state index in [0.717, 1.165) is 0 Å². The summed E-state index contributed by atoms with van der Waals surface area (Å²) in [7, 11) is 2.61. The summed E-state index contributed by atoms with van der Waals surface area (Å²) in [5, 5.41) is 0. The van der Waals surface area contributed by atoms with Crippen molar-refractivity contribution in [3.05, 3.63) is 11.8 Å². The molecule has 0 radical (unpaired) electrons. The summed E-state index contributed by atoms with van der Waals surface area (Å²) >= 11 is 0. The largest absolute Gasteiger partial charge is 0.478 e. The van der Waals surface area contributed by atoms with Crippen molar-refractivity contribution in [2.45, 2.75) is 51.2 Å². The van der Waals surface area contributed by atoms with Gasteiger partial charge in [-0.15, -0.1) is 0 Å². The van der Waals surface area contributed by atoms with Gasteiger partial charge in [0.05, 0.1) is 7.11 Å². The molecular weight excluding hydrogens is 362 g/mol. The Bertz CT molecular complexity index is 657. The van der Waals surface area contributed by atoms with E-state index in [1.54, 1.807) is 6.92 Å². The van der Waals surface area contributed by atoms with Crippen molar-refractivity contribution in [1.29, 1.82) is 0 Å². The molecule has 10 nitrogen and oxygen atoms in total. The number of aliphatic imine (C=N–C) groups is 1. The van der Waals surface area contributed by atoms with Crippen molar-refractivity contribution in [3.63, 3.8) is 0 Å². The normalized spacial score (nSPS) is 25.6. The first-order valence-electron chi connectivity index (χ1n) is 8.28. The third-order valence-electron chi connectivity index (χ3n) is 4.01. The fourth-order valence-corrected chi connectivity index (χ4v) is 2.96. The SMILES string of the molecule is COC(=O)C1=C[C@H]2OC(C)=N[C@H]2[C@H]([C@H](OC)[C@@H](COC(C)=O)OC(C)=O)O1. The minimum atomic E-state index is -0.977. The van der Waals surface area contributed by atoms with E-state index in [1.807, 2.05) is 0 Å². The van der Waals surface area contributed by atoms with E-state index in [2.05, 4.69) is 4.99 Å². The maximum Gasteiger partial charge on any atom is 0.373 e. The number of hydrogen-bond donors (Lipinski definition) is 0. The van der Waals surface area contributed by atoms with Gasteiger partial charge in [-0.3, -0.25) is 9.59 Å². The smallest absolute Gasteiger partial charge is 0.373 e. The predicted octanol–water partition coefficient (Wildman–Crippen LogP) is 0.138. The average molecular weight is 385 g/mol. The van der Waals surface area contributed by atoms with Crippen molar-refractivity contribution in [2.24, 2.45) is 4.99 Å². The van der Waals surface area contributed by atoms with Crippen molar-refractivity contribution >= 4 is 23.8 Å². The summed E-state index contributed by atoms with van der Waals surface area (Å²) < 4.78 is 31.8. The van der Waals surface area contributed by atoms with E-state index < -0.39 is 48.4 Å². The molecule has 0 N–H and O–H groups in total. The van der Waals surface area contributed by atoms with Crippen LogP contribution >= 0.6 is 0 Å². The first-order valence-corrected chi connectivity index (χ1v) is 8.28. The van der Waals surface area contributed by atoms with Gasteiger partial charge in [0.2, 0.25) is 5.76 Å². The van der Waals surface area contributed by atoms with Crippen molar-refractivity contribution < 1.29 is 42.8 Å². The highest BCUT2D eigenvalue weighted by molar-refractivity contribution is 5.87. The summed E-state index contributed by atoms with van der Waals surface area (Å²) in [5.41, 5.74) is 0. The second-order valence-electron chi connectivity index (χ2n) is 5.98. The molecule has 0 aliphatic carbocycles. The van der Waals surface area contributed by atoms with Gasteiger partial charge in [0.15, 0.2) is 18.1 Å². The number of methoxy groups -OCH3 is 2. The summed E-state index contributed by atoms with van der Waals surface area (Å²) in [5.74, 6) is -1.47. The molecule has 10 heteroatoms. The topological polar surface area (TPSA) is 119 Å². The van der Waals surface area contributed by atoms with Gasteiger partial charge in [0, 0.05) is 34.0 Å². The quantitative estimate of drug-likeness (QED) is 0.445. The van der Waals surface area contributed by atoms with Gasteiger partial charge in [-0.25, -0.2) is 9.79 Å². The lowest BCUT2D eigenvalue weighted by Gasteiger charge is -2.37. The molecule has 2 aliphatic rings. The van der Waals surface area contributed by atoms with Crippen LogP contribution in [0.3, 0.4) is 0 Å². The van der Waals surface area contributed by atoms with E-state index in [0.29, 0.717) is 5.90 Å². The fourth-order valence-electron chi connectivity index (χ4n) is 2.96. The molecule has 0 aromatic rings. The van der Waals surface area contributed by atoms with Crippen molar-refractivity contribution in [2.75, 3.05) is 20.8 Å². The van der Waals surface area contributed by atoms with Crippen molar-refractivity contribution in [1.82, 2.24) is 0 Å². The summed E-state index contributed by atoms with van der Waals surface area (Å²) in [6, 6.07) is -0.543. The zero-order chi connectivity index (χ0) is 20.1. The third-order valence-corrected chi connectivity index (χ3v) is 4.01. The Balaban J connectivity index is 2.32. The second kappa shape index (κ2) is 8.85. The molecule has 0 unspecified atom stereocenters. The van der Waals surface area contributed by atoms with Crippen LogP contribution in [0.15, 0.2) is 16.8 Å². The van der Waals surface area contributed by atoms with Gasteiger partial charge in [0.1, 0.15) is 24.9 Å². The number of carbonyl (C=O) groups is 3. The van der Waals surface area contributed by atoms with Crippen LogP contribution in [0.25, 0.3) is 0 Å². The monoisotopic (exact) mass is 385 g/mol. The Morgan fingerprint density at radius 1 is 1.19 bits per heavy atom. The second-order valence-corrected chi connectivity index (χ2v) is 5.98. The van der Waals surface area contributed by atoms with Gasteiger partial charge < -0.3 is 28.4 Å². The van der Waals surface area contributed by atoms with Crippen LogP contribution in [0, 0.1) is 0 Å². The number of carbonyl (C=O) groups excluding carboxylic acids is 3. The van der Waals surface area contributed by atoms with Gasteiger partial charge in [-0.2, -0.15) is 0 Å². The maximum atomic E-state index is 12.0. The zero-order valence-corrected chi connectivity index (χ0v) is 15.8. The molecule has 27 heavy (non-hydrogen) atoms. The van der Waals surface area contributed by atoms with Crippen LogP contribution in [0.5, 0.6) is 0 Å². The van der Waals surface area contributed by atoms with Crippen LogP contribution in [0.1, 0.15) is 20.8 Å². The molecule has 0 spiro atoms. The van der Waals surface area contributed by atoms with Gasteiger partial charge in [0.25, 0.3) is 0 Å². The molecule has 0 aromatic carbocycles. The Labute approximate surface area is 156 Å². The Kier molecular flexibility index (Phi) is 6.78. The molecule has 0 bridgehead atoms.